The van der Waals surface area contributed by atoms with Gasteiger partial charge in [0, 0.05) is 24.0 Å². The second kappa shape index (κ2) is 10.8. The number of hydrazine groups is 1. The number of carbonyl (C=O) groups excluding carboxylic acids is 4. The third-order valence-corrected chi connectivity index (χ3v) is 5.84. The molecule has 0 bridgehead atoms. The molecule has 0 spiro atoms. The summed E-state index contributed by atoms with van der Waals surface area (Å²) in [5.41, 5.74) is 1.94. The van der Waals surface area contributed by atoms with Crippen LogP contribution in [0.25, 0.3) is 0 Å². The molecule has 1 saturated heterocycles. The van der Waals surface area contributed by atoms with Crippen LogP contribution in [0.4, 0.5) is 0 Å². The first-order chi connectivity index (χ1) is 15.4. The summed E-state index contributed by atoms with van der Waals surface area (Å²) < 4.78 is 0. The van der Waals surface area contributed by atoms with Gasteiger partial charge in [0.25, 0.3) is 11.8 Å². The standard InChI is InChI=1S/C26H30N2O4/c1-19-13-9-11-15-21(19)25(31)27-23(29)17-7-5-3-4-6-8-18-24(30)28(27)26(32)22-16-12-10-14-20(22)2/h9-16H,3-8,17-18H2,1-2H3. The molecule has 0 aliphatic carbocycles. The van der Waals surface area contributed by atoms with Crippen molar-refractivity contribution in [3.8, 4) is 0 Å². The van der Waals surface area contributed by atoms with Crippen LogP contribution in [0.5, 0.6) is 0 Å². The van der Waals surface area contributed by atoms with Crippen molar-refractivity contribution in [1.82, 2.24) is 10.0 Å². The van der Waals surface area contributed by atoms with Gasteiger partial charge in [0.2, 0.25) is 11.8 Å². The van der Waals surface area contributed by atoms with Gasteiger partial charge in [0.15, 0.2) is 0 Å². The topological polar surface area (TPSA) is 74.8 Å². The second-order valence-corrected chi connectivity index (χ2v) is 8.27. The van der Waals surface area contributed by atoms with E-state index in [-0.39, 0.29) is 12.8 Å². The minimum absolute atomic E-state index is 0.0997. The maximum absolute atomic E-state index is 13.6. The van der Waals surface area contributed by atoms with Crippen LogP contribution in [-0.4, -0.2) is 33.6 Å². The number of amides is 4. The molecule has 1 aliphatic rings. The second-order valence-electron chi connectivity index (χ2n) is 8.27. The molecular weight excluding hydrogens is 404 g/mol. The zero-order valence-corrected chi connectivity index (χ0v) is 18.8. The van der Waals surface area contributed by atoms with Gasteiger partial charge in [-0.1, -0.05) is 62.1 Å². The highest BCUT2D eigenvalue weighted by Gasteiger charge is 2.37. The highest BCUT2D eigenvalue weighted by Crippen LogP contribution is 2.22. The Kier molecular flexibility index (Phi) is 7.92. The molecule has 3 rings (SSSR count). The van der Waals surface area contributed by atoms with Crippen molar-refractivity contribution in [2.45, 2.75) is 65.2 Å². The smallest absolute Gasteiger partial charge is 0.272 e. The average Bonchev–Trinajstić information content (AvgIpc) is 2.77. The Labute approximate surface area is 189 Å². The molecule has 0 unspecified atom stereocenters. The minimum atomic E-state index is -0.652. The van der Waals surface area contributed by atoms with Crippen LogP contribution in [0, 0.1) is 13.8 Å². The maximum Gasteiger partial charge on any atom is 0.280 e. The van der Waals surface area contributed by atoms with Gasteiger partial charge in [0.1, 0.15) is 0 Å². The Morgan fingerprint density at radius 1 is 0.594 bits per heavy atom. The number of hydrogen-bond donors (Lipinski definition) is 0. The molecule has 6 nitrogen and oxygen atoms in total. The SMILES string of the molecule is Cc1ccccc1C(=O)N1C(=O)CCCCCCCCC(=O)N1C(=O)c1ccccc1C. The highest BCUT2D eigenvalue weighted by molar-refractivity contribution is 6.13. The number of hydrogen-bond acceptors (Lipinski definition) is 4. The summed E-state index contributed by atoms with van der Waals surface area (Å²) in [7, 11) is 0. The first-order valence-corrected chi connectivity index (χ1v) is 11.3. The molecule has 0 aromatic heterocycles. The molecule has 1 fully saturated rings. The van der Waals surface area contributed by atoms with E-state index in [9.17, 15) is 19.2 Å². The zero-order valence-electron chi connectivity index (χ0n) is 18.8. The fourth-order valence-electron chi connectivity index (χ4n) is 3.96. The van der Waals surface area contributed by atoms with Gasteiger partial charge >= 0.3 is 0 Å². The molecule has 4 amide bonds. The molecule has 0 N–H and O–H groups in total. The van der Waals surface area contributed by atoms with Gasteiger partial charge in [0.05, 0.1) is 0 Å². The Bertz CT molecular complexity index is 933. The Morgan fingerprint density at radius 3 is 1.31 bits per heavy atom. The molecule has 2 aromatic rings. The molecular formula is C26H30N2O4. The predicted molar refractivity (Wildman–Crippen MR) is 122 cm³/mol. The van der Waals surface area contributed by atoms with Gasteiger partial charge in [-0.25, -0.2) is 0 Å². The van der Waals surface area contributed by atoms with E-state index < -0.39 is 23.6 Å². The van der Waals surface area contributed by atoms with Crippen molar-refractivity contribution < 1.29 is 19.2 Å². The monoisotopic (exact) mass is 434 g/mol. The van der Waals surface area contributed by atoms with Crippen LogP contribution in [0.2, 0.25) is 0 Å². The lowest BCUT2D eigenvalue weighted by molar-refractivity contribution is -0.152. The van der Waals surface area contributed by atoms with E-state index in [1.807, 2.05) is 0 Å². The molecule has 0 radical (unpaired) electrons. The van der Waals surface area contributed by atoms with Crippen molar-refractivity contribution >= 4 is 23.6 Å². The first kappa shape index (κ1) is 23.4. The lowest BCUT2D eigenvalue weighted by Crippen LogP contribution is -2.55. The van der Waals surface area contributed by atoms with E-state index in [0.717, 1.165) is 35.7 Å². The Balaban J connectivity index is 2.10. The molecule has 168 valence electrons. The van der Waals surface area contributed by atoms with Crippen molar-refractivity contribution in [3.05, 3.63) is 70.8 Å². The molecule has 1 heterocycles. The van der Waals surface area contributed by atoms with E-state index in [1.165, 1.54) is 0 Å². The Morgan fingerprint density at radius 2 is 0.938 bits per heavy atom. The molecule has 32 heavy (non-hydrogen) atoms. The number of carbonyl (C=O) groups is 4. The van der Waals surface area contributed by atoms with E-state index >= 15 is 0 Å². The van der Waals surface area contributed by atoms with E-state index in [1.54, 1.807) is 62.4 Å². The third-order valence-electron chi connectivity index (χ3n) is 5.84. The van der Waals surface area contributed by atoms with Crippen LogP contribution in [0.1, 0.15) is 83.2 Å². The Hall–Kier alpha value is -3.28. The van der Waals surface area contributed by atoms with Crippen LogP contribution in [0.3, 0.4) is 0 Å². The van der Waals surface area contributed by atoms with Crippen LogP contribution >= 0.6 is 0 Å². The lowest BCUT2D eigenvalue weighted by atomic mass is 10.0. The summed E-state index contributed by atoms with van der Waals surface area (Å²) in [4.78, 5) is 53.8. The number of imide groups is 2. The predicted octanol–water partition coefficient (Wildman–Crippen LogP) is 4.99. The third kappa shape index (κ3) is 5.31. The summed E-state index contributed by atoms with van der Waals surface area (Å²) in [6.07, 6.45) is 5.13. The molecule has 2 aromatic carbocycles. The number of aryl methyl sites for hydroxylation is 2. The van der Waals surface area contributed by atoms with Crippen LogP contribution in [-0.2, 0) is 9.59 Å². The molecule has 6 heteroatoms. The zero-order chi connectivity index (χ0) is 23.1. The maximum atomic E-state index is 13.6. The van der Waals surface area contributed by atoms with Gasteiger partial charge in [-0.05, 0) is 49.9 Å². The average molecular weight is 435 g/mol. The minimum Gasteiger partial charge on any atom is -0.272 e. The molecule has 0 atom stereocenters. The normalized spacial score (nSPS) is 16.3. The van der Waals surface area contributed by atoms with Gasteiger partial charge < -0.3 is 0 Å². The number of benzene rings is 2. The summed E-state index contributed by atoms with van der Waals surface area (Å²) in [6, 6.07) is 13.8. The van der Waals surface area contributed by atoms with Crippen LogP contribution in [0.15, 0.2) is 48.5 Å². The van der Waals surface area contributed by atoms with Crippen molar-refractivity contribution in [1.29, 1.82) is 0 Å². The van der Waals surface area contributed by atoms with E-state index in [4.69, 9.17) is 0 Å². The van der Waals surface area contributed by atoms with E-state index in [2.05, 4.69) is 0 Å². The van der Waals surface area contributed by atoms with Gasteiger partial charge in [-0.15, -0.1) is 0 Å². The van der Waals surface area contributed by atoms with Crippen molar-refractivity contribution in [2.24, 2.45) is 0 Å². The quantitative estimate of drug-likeness (QED) is 0.624. The highest BCUT2D eigenvalue weighted by atomic mass is 16.2. The van der Waals surface area contributed by atoms with Gasteiger partial charge in [-0.3, -0.25) is 19.2 Å². The van der Waals surface area contributed by atoms with Crippen LogP contribution < -0.4 is 0 Å². The summed E-state index contributed by atoms with van der Waals surface area (Å²) >= 11 is 0. The lowest BCUT2D eigenvalue weighted by Gasteiger charge is -2.32. The summed E-state index contributed by atoms with van der Waals surface area (Å²) in [6.45, 7) is 3.53. The summed E-state index contributed by atoms with van der Waals surface area (Å²) in [5, 5.41) is 1.59. The fourth-order valence-corrected chi connectivity index (χ4v) is 3.96. The van der Waals surface area contributed by atoms with Gasteiger partial charge in [-0.2, -0.15) is 10.0 Å². The summed E-state index contributed by atoms with van der Waals surface area (Å²) in [5.74, 6) is -2.37. The van der Waals surface area contributed by atoms with E-state index in [0.29, 0.717) is 35.1 Å². The largest absolute Gasteiger partial charge is 0.280 e. The van der Waals surface area contributed by atoms with Crippen molar-refractivity contribution in [3.63, 3.8) is 0 Å². The first-order valence-electron chi connectivity index (χ1n) is 11.3. The molecule has 1 aliphatic heterocycles. The molecule has 0 saturated carbocycles. The number of nitrogens with zero attached hydrogens (tertiary/aromatic N) is 2. The number of rotatable bonds is 2. The fraction of sp³-hybridized carbons (Fsp3) is 0.385. The van der Waals surface area contributed by atoms with Crippen molar-refractivity contribution in [2.75, 3.05) is 0 Å².